The summed E-state index contributed by atoms with van der Waals surface area (Å²) in [6, 6.07) is 10.5. The van der Waals surface area contributed by atoms with Gasteiger partial charge < -0.3 is 4.90 Å². The summed E-state index contributed by atoms with van der Waals surface area (Å²) in [6.07, 6.45) is -1.03. The molecule has 7 nitrogen and oxygen atoms in total. The molecular formula is C22H21BrF2N6O. The summed E-state index contributed by atoms with van der Waals surface area (Å²) in [5.41, 5.74) is 2.50. The highest BCUT2D eigenvalue weighted by atomic mass is 79.9. The van der Waals surface area contributed by atoms with E-state index in [1.165, 1.54) is 10.7 Å². The fourth-order valence-corrected chi connectivity index (χ4v) is 4.08. The summed E-state index contributed by atoms with van der Waals surface area (Å²) in [6.45, 7) is 1.86. The standard InChI is InChI=1S/C22H21BrF2N6O/c1-13-20-15(21(24)25)9-17(14-7-5-4-6-8-14)27-22(20)31(28-13)12-19(32)29(2)11-18-16(23)10-26-30(18)3/h4-10,21H,11-12H2,1-3H3. The van der Waals surface area contributed by atoms with Crippen molar-refractivity contribution in [2.75, 3.05) is 7.05 Å². The first-order valence-corrected chi connectivity index (χ1v) is 10.7. The van der Waals surface area contributed by atoms with Gasteiger partial charge in [0.05, 0.1) is 39.7 Å². The minimum atomic E-state index is -2.69. The van der Waals surface area contributed by atoms with E-state index in [0.29, 0.717) is 23.5 Å². The van der Waals surface area contributed by atoms with Gasteiger partial charge in [0.1, 0.15) is 6.54 Å². The van der Waals surface area contributed by atoms with Gasteiger partial charge in [0, 0.05) is 25.2 Å². The molecule has 0 spiro atoms. The van der Waals surface area contributed by atoms with E-state index < -0.39 is 6.43 Å². The second kappa shape index (κ2) is 8.78. The number of rotatable bonds is 6. The predicted octanol–water partition coefficient (Wildman–Crippen LogP) is 4.50. The van der Waals surface area contributed by atoms with E-state index in [-0.39, 0.29) is 29.0 Å². The van der Waals surface area contributed by atoms with Crippen molar-refractivity contribution in [3.05, 3.63) is 64.0 Å². The topological polar surface area (TPSA) is 68.8 Å². The van der Waals surface area contributed by atoms with Crippen LogP contribution >= 0.6 is 15.9 Å². The summed E-state index contributed by atoms with van der Waals surface area (Å²) in [7, 11) is 3.47. The summed E-state index contributed by atoms with van der Waals surface area (Å²) < 4.78 is 31.7. The first-order valence-electron chi connectivity index (χ1n) is 9.88. The summed E-state index contributed by atoms with van der Waals surface area (Å²) in [5, 5.41) is 8.81. The SMILES string of the molecule is Cc1nn(CC(=O)N(C)Cc2c(Br)cnn2C)c2nc(-c3ccccc3)cc(C(F)F)c12. The summed E-state index contributed by atoms with van der Waals surface area (Å²) >= 11 is 3.43. The van der Waals surface area contributed by atoms with Crippen LogP contribution < -0.4 is 0 Å². The zero-order valence-electron chi connectivity index (χ0n) is 17.8. The van der Waals surface area contributed by atoms with Gasteiger partial charge in [0.25, 0.3) is 6.43 Å². The molecule has 0 unspecified atom stereocenters. The maximum absolute atomic E-state index is 13.9. The van der Waals surface area contributed by atoms with Gasteiger partial charge in [-0.1, -0.05) is 30.3 Å². The summed E-state index contributed by atoms with van der Waals surface area (Å²) in [4.78, 5) is 19.1. The molecule has 4 rings (SSSR count). The second-order valence-electron chi connectivity index (χ2n) is 7.52. The Bertz CT molecular complexity index is 1270. The molecule has 0 bridgehead atoms. The number of aromatic nitrogens is 5. The molecule has 0 N–H and O–H groups in total. The Kier molecular flexibility index (Phi) is 6.05. The van der Waals surface area contributed by atoms with Crippen LogP contribution in [-0.2, 0) is 24.9 Å². The number of alkyl halides is 2. The van der Waals surface area contributed by atoms with Crippen LogP contribution in [0.4, 0.5) is 8.78 Å². The Morgan fingerprint density at radius 2 is 1.97 bits per heavy atom. The third kappa shape index (κ3) is 4.14. The minimum absolute atomic E-state index is 0.121. The maximum atomic E-state index is 13.9. The molecule has 3 heterocycles. The van der Waals surface area contributed by atoms with Gasteiger partial charge >= 0.3 is 0 Å². The Balaban J connectivity index is 1.71. The van der Waals surface area contributed by atoms with E-state index in [1.54, 1.807) is 36.8 Å². The molecule has 3 aromatic heterocycles. The van der Waals surface area contributed by atoms with Gasteiger partial charge in [0.2, 0.25) is 5.91 Å². The Hall–Kier alpha value is -3.14. The zero-order valence-corrected chi connectivity index (χ0v) is 19.3. The van der Waals surface area contributed by atoms with Crippen LogP contribution in [0, 0.1) is 6.92 Å². The number of nitrogens with zero attached hydrogens (tertiary/aromatic N) is 6. The lowest BCUT2D eigenvalue weighted by molar-refractivity contribution is -0.131. The van der Waals surface area contributed by atoms with Gasteiger partial charge in [-0.3, -0.25) is 9.48 Å². The number of carbonyl (C=O) groups excluding carboxylic acids is 1. The van der Waals surface area contributed by atoms with Gasteiger partial charge in [-0.05, 0) is 28.9 Å². The Labute approximate surface area is 191 Å². The number of pyridine rings is 1. The first kappa shape index (κ1) is 22.1. The van der Waals surface area contributed by atoms with Crippen molar-refractivity contribution in [3.8, 4) is 11.3 Å². The van der Waals surface area contributed by atoms with Crippen LogP contribution in [0.5, 0.6) is 0 Å². The van der Waals surface area contributed by atoms with Gasteiger partial charge in [-0.2, -0.15) is 10.2 Å². The highest BCUT2D eigenvalue weighted by Crippen LogP contribution is 2.33. The molecule has 1 amide bonds. The monoisotopic (exact) mass is 502 g/mol. The molecule has 0 saturated heterocycles. The molecule has 0 aliphatic carbocycles. The number of carbonyl (C=O) groups is 1. The number of hydrogen-bond acceptors (Lipinski definition) is 4. The molecule has 0 atom stereocenters. The van der Waals surface area contributed by atoms with Crippen LogP contribution in [0.15, 0.2) is 47.1 Å². The van der Waals surface area contributed by atoms with Crippen molar-refractivity contribution >= 4 is 32.9 Å². The molecule has 0 radical (unpaired) electrons. The molecule has 32 heavy (non-hydrogen) atoms. The van der Waals surface area contributed by atoms with Crippen LogP contribution in [0.2, 0.25) is 0 Å². The fourth-order valence-electron chi connectivity index (χ4n) is 3.60. The van der Waals surface area contributed by atoms with Crippen LogP contribution in [0.3, 0.4) is 0 Å². The van der Waals surface area contributed by atoms with Gasteiger partial charge in [-0.25, -0.2) is 18.4 Å². The average molecular weight is 503 g/mol. The van der Waals surface area contributed by atoms with Crippen LogP contribution in [-0.4, -0.2) is 42.4 Å². The van der Waals surface area contributed by atoms with E-state index in [1.807, 2.05) is 30.3 Å². The molecule has 166 valence electrons. The molecule has 0 fully saturated rings. The average Bonchev–Trinajstić information content (AvgIpc) is 3.26. The zero-order chi connectivity index (χ0) is 23.0. The lowest BCUT2D eigenvalue weighted by Gasteiger charge is -2.18. The molecule has 10 heteroatoms. The predicted molar refractivity (Wildman–Crippen MR) is 120 cm³/mol. The molecule has 4 aromatic rings. The van der Waals surface area contributed by atoms with Crippen molar-refractivity contribution in [1.29, 1.82) is 0 Å². The number of likely N-dealkylation sites (N-methyl/N-ethyl adjacent to an activating group) is 1. The van der Waals surface area contributed by atoms with Gasteiger partial charge in [-0.15, -0.1) is 0 Å². The first-order chi connectivity index (χ1) is 15.3. The van der Waals surface area contributed by atoms with Gasteiger partial charge in [0.15, 0.2) is 5.65 Å². The third-order valence-corrected chi connectivity index (χ3v) is 5.98. The highest BCUT2D eigenvalue weighted by molar-refractivity contribution is 9.10. The molecular weight excluding hydrogens is 482 g/mol. The van der Waals surface area contributed by atoms with E-state index in [2.05, 4.69) is 31.1 Å². The van der Waals surface area contributed by atoms with E-state index in [9.17, 15) is 13.6 Å². The van der Waals surface area contributed by atoms with Crippen molar-refractivity contribution in [2.24, 2.45) is 7.05 Å². The highest BCUT2D eigenvalue weighted by Gasteiger charge is 2.23. The molecule has 0 aliphatic rings. The maximum Gasteiger partial charge on any atom is 0.264 e. The van der Waals surface area contributed by atoms with Crippen molar-refractivity contribution in [2.45, 2.75) is 26.4 Å². The largest absolute Gasteiger partial charge is 0.338 e. The fraction of sp³-hybridized carbons (Fsp3) is 0.273. The summed E-state index contributed by atoms with van der Waals surface area (Å²) in [5.74, 6) is -0.229. The molecule has 1 aromatic carbocycles. The minimum Gasteiger partial charge on any atom is -0.338 e. The smallest absolute Gasteiger partial charge is 0.264 e. The Morgan fingerprint density at radius 1 is 1.25 bits per heavy atom. The van der Waals surface area contributed by atoms with Crippen molar-refractivity contribution in [3.63, 3.8) is 0 Å². The molecule has 0 aliphatic heterocycles. The third-order valence-electron chi connectivity index (χ3n) is 5.32. The quantitative estimate of drug-likeness (QED) is 0.389. The Morgan fingerprint density at radius 3 is 2.59 bits per heavy atom. The number of amides is 1. The number of fused-ring (bicyclic) bond motifs is 1. The number of hydrogen-bond donors (Lipinski definition) is 0. The molecule has 0 saturated carbocycles. The van der Waals surface area contributed by atoms with Crippen molar-refractivity contribution < 1.29 is 13.6 Å². The van der Waals surface area contributed by atoms with Crippen molar-refractivity contribution in [1.82, 2.24) is 29.4 Å². The van der Waals surface area contributed by atoms with Crippen LogP contribution in [0.25, 0.3) is 22.3 Å². The lowest BCUT2D eigenvalue weighted by atomic mass is 10.1. The van der Waals surface area contributed by atoms with E-state index in [4.69, 9.17) is 0 Å². The number of halogens is 3. The van der Waals surface area contributed by atoms with E-state index in [0.717, 1.165) is 10.2 Å². The van der Waals surface area contributed by atoms with E-state index >= 15 is 0 Å². The van der Waals surface area contributed by atoms with Crippen LogP contribution in [0.1, 0.15) is 23.4 Å². The number of benzene rings is 1. The normalized spacial score (nSPS) is 11.5. The second-order valence-corrected chi connectivity index (χ2v) is 8.37. The number of aryl methyl sites for hydroxylation is 2. The lowest BCUT2D eigenvalue weighted by Crippen LogP contribution is -2.31.